The SMILES string of the molecule is CCNC(=NCCCN1CCN(c2ccccc2)CC1)NCCc1csc(C)n1. The lowest BCUT2D eigenvalue weighted by molar-refractivity contribution is 0.256. The summed E-state index contributed by atoms with van der Waals surface area (Å²) < 4.78 is 0. The molecule has 0 unspecified atom stereocenters. The molecule has 0 aliphatic carbocycles. The monoisotopic (exact) mass is 414 g/mol. The Labute approximate surface area is 179 Å². The maximum atomic E-state index is 4.74. The van der Waals surface area contributed by atoms with Crippen LogP contribution in [-0.2, 0) is 6.42 Å². The van der Waals surface area contributed by atoms with Crippen molar-refractivity contribution >= 4 is 23.0 Å². The first-order chi connectivity index (χ1) is 14.2. The number of hydrogen-bond acceptors (Lipinski definition) is 5. The predicted octanol–water partition coefficient (Wildman–Crippen LogP) is 2.76. The molecule has 2 heterocycles. The molecule has 0 saturated carbocycles. The summed E-state index contributed by atoms with van der Waals surface area (Å²) in [4.78, 5) is 14.3. The zero-order valence-corrected chi connectivity index (χ0v) is 18.5. The molecule has 1 aliphatic rings. The number of nitrogens with one attached hydrogen (secondary N) is 2. The molecule has 6 nitrogen and oxygen atoms in total. The molecule has 1 saturated heterocycles. The molecular formula is C22H34N6S. The van der Waals surface area contributed by atoms with Crippen LogP contribution in [0, 0.1) is 6.92 Å². The third-order valence-electron chi connectivity index (χ3n) is 5.08. The van der Waals surface area contributed by atoms with E-state index in [9.17, 15) is 0 Å². The molecule has 2 N–H and O–H groups in total. The van der Waals surface area contributed by atoms with E-state index in [1.807, 2.05) is 0 Å². The van der Waals surface area contributed by atoms with Gasteiger partial charge in [0.2, 0.25) is 0 Å². The van der Waals surface area contributed by atoms with Crippen molar-refractivity contribution in [3.05, 3.63) is 46.4 Å². The summed E-state index contributed by atoms with van der Waals surface area (Å²) >= 11 is 1.71. The highest BCUT2D eigenvalue weighted by Gasteiger charge is 2.16. The molecule has 3 rings (SSSR count). The number of aryl methyl sites for hydroxylation is 1. The summed E-state index contributed by atoms with van der Waals surface area (Å²) in [6, 6.07) is 10.7. The summed E-state index contributed by atoms with van der Waals surface area (Å²) in [6.45, 7) is 12.3. The van der Waals surface area contributed by atoms with Crippen molar-refractivity contribution in [2.75, 3.05) is 57.3 Å². The second-order valence-corrected chi connectivity index (χ2v) is 8.38. The third-order valence-corrected chi connectivity index (χ3v) is 5.90. The summed E-state index contributed by atoms with van der Waals surface area (Å²) in [5.74, 6) is 0.911. The second-order valence-electron chi connectivity index (χ2n) is 7.31. The molecule has 0 bridgehead atoms. The number of aliphatic imine (C=N–C) groups is 1. The van der Waals surface area contributed by atoms with Gasteiger partial charge in [-0.05, 0) is 32.4 Å². The van der Waals surface area contributed by atoms with E-state index in [2.05, 4.69) is 75.0 Å². The van der Waals surface area contributed by atoms with E-state index in [0.29, 0.717) is 0 Å². The highest BCUT2D eigenvalue weighted by molar-refractivity contribution is 7.09. The minimum atomic E-state index is 0.851. The van der Waals surface area contributed by atoms with Crippen LogP contribution < -0.4 is 15.5 Å². The Morgan fingerprint density at radius 1 is 1.14 bits per heavy atom. The van der Waals surface area contributed by atoms with Crippen molar-refractivity contribution in [2.45, 2.75) is 26.7 Å². The van der Waals surface area contributed by atoms with Gasteiger partial charge in [0, 0.05) is 69.8 Å². The van der Waals surface area contributed by atoms with E-state index in [1.54, 1.807) is 11.3 Å². The Bertz CT molecular complexity index is 737. The number of benzene rings is 1. The van der Waals surface area contributed by atoms with Gasteiger partial charge in [-0.15, -0.1) is 11.3 Å². The standard InChI is InChI=1S/C22H34N6S/c1-3-23-22(25-12-10-20-18-29-19(2)26-20)24-11-7-13-27-14-16-28(17-15-27)21-8-5-4-6-9-21/h4-6,8-9,18H,3,7,10-17H2,1-2H3,(H2,23,24,25). The number of aromatic nitrogens is 1. The van der Waals surface area contributed by atoms with Crippen molar-refractivity contribution in [3.8, 4) is 0 Å². The summed E-state index contributed by atoms with van der Waals surface area (Å²) in [6.07, 6.45) is 2.02. The first kappa shape index (κ1) is 21.6. The predicted molar refractivity (Wildman–Crippen MR) is 124 cm³/mol. The normalized spacial score (nSPS) is 15.5. The maximum Gasteiger partial charge on any atom is 0.191 e. The zero-order chi connectivity index (χ0) is 20.3. The van der Waals surface area contributed by atoms with Crippen LogP contribution in [0.5, 0.6) is 0 Å². The Balaban J connectivity index is 1.33. The van der Waals surface area contributed by atoms with Crippen molar-refractivity contribution in [1.82, 2.24) is 20.5 Å². The molecule has 1 aromatic heterocycles. The van der Waals surface area contributed by atoms with Crippen LogP contribution in [0.25, 0.3) is 0 Å². The lowest BCUT2D eigenvalue weighted by atomic mass is 10.2. The number of guanidine groups is 1. The fraction of sp³-hybridized carbons (Fsp3) is 0.545. The molecule has 29 heavy (non-hydrogen) atoms. The number of thiazole rings is 1. The average Bonchev–Trinajstić information content (AvgIpc) is 3.17. The van der Waals surface area contributed by atoms with Gasteiger partial charge >= 0.3 is 0 Å². The van der Waals surface area contributed by atoms with Crippen molar-refractivity contribution < 1.29 is 0 Å². The fourth-order valence-corrected chi connectivity index (χ4v) is 4.17. The molecule has 158 valence electrons. The molecule has 1 fully saturated rings. The quantitative estimate of drug-likeness (QED) is 0.375. The lowest BCUT2D eigenvalue weighted by Crippen LogP contribution is -2.46. The molecule has 0 atom stereocenters. The van der Waals surface area contributed by atoms with Gasteiger partial charge in [0.25, 0.3) is 0 Å². The van der Waals surface area contributed by atoms with Gasteiger partial charge in [-0.25, -0.2) is 4.98 Å². The van der Waals surface area contributed by atoms with E-state index in [-0.39, 0.29) is 0 Å². The number of nitrogens with zero attached hydrogens (tertiary/aromatic N) is 4. The second kappa shape index (κ2) is 11.8. The van der Waals surface area contributed by atoms with E-state index < -0.39 is 0 Å². The molecule has 2 aromatic rings. The van der Waals surface area contributed by atoms with Crippen molar-refractivity contribution in [2.24, 2.45) is 4.99 Å². The minimum absolute atomic E-state index is 0.851. The van der Waals surface area contributed by atoms with Gasteiger partial charge in [-0.2, -0.15) is 0 Å². The van der Waals surface area contributed by atoms with Crippen LogP contribution in [0.1, 0.15) is 24.0 Å². The molecule has 0 spiro atoms. The van der Waals surface area contributed by atoms with E-state index in [0.717, 1.165) is 81.9 Å². The first-order valence-corrected chi connectivity index (χ1v) is 11.6. The Hall–Kier alpha value is -2.12. The highest BCUT2D eigenvalue weighted by atomic mass is 32.1. The molecule has 7 heteroatoms. The number of hydrogen-bond donors (Lipinski definition) is 2. The van der Waals surface area contributed by atoms with Gasteiger partial charge in [0.1, 0.15) is 0 Å². The van der Waals surface area contributed by atoms with Crippen LogP contribution in [0.3, 0.4) is 0 Å². The minimum Gasteiger partial charge on any atom is -0.369 e. The summed E-state index contributed by atoms with van der Waals surface area (Å²) in [7, 11) is 0. The number of rotatable bonds is 9. The molecule has 0 amide bonds. The van der Waals surface area contributed by atoms with E-state index in [4.69, 9.17) is 4.99 Å². The fourth-order valence-electron chi connectivity index (χ4n) is 3.53. The average molecular weight is 415 g/mol. The van der Waals surface area contributed by atoms with E-state index >= 15 is 0 Å². The van der Waals surface area contributed by atoms with Crippen molar-refractivity contribution in [3.63, 3.8) is 0 Å². The topological polar surface area (TPSA) is 55.8 Å². The van der Waals surface area contributed by atoms with Crippen LogP contribution in [0.4, 0.5) is 5.69 Å². The Morgan fingerprint density at radius 2 is 1.93 bits per heavy atom. The molecule has 1 aliphatic heterocycles. The highest BCUT2D eigenvalue weighted by Crippen LogP contribution is 2.15. The van der Waals surface area contributed by atoms with Crippen LogP contribution in [0.15, 0.2) is 40.7 Å². The molecule has 1 aromatic carbocycles. The van der Waals surface area contributed by atoms with Gasteiger partial charge in [-0.3, -0.25) is 9.89 Å². The van der Waals surface area contributed by atoms with E-state index in [1.165, 1.54) is 5.69 Å². The number of piperazine rings is 1. The van der Waals surface area contributed by atoms with Crippen LogP contribution in [-0.4, -0.2) is 68.2 Å². The Kier molecular flexibility index (Phi) is 8.77. The first-order valence-electron chi connectivity index (χ1n) is 10.7. The molecule has 0 radical (unpaired) electrons. The third kappa shape index (κ3) is 7.33. The van der Waals surface area contributed by atoms with Gasteiger partial charge in [-0.1, -0.05) is 18.2 Å². The van der Waals surface area contributed by atoms with Crippen molar-refractivity contribution in [1.29, 1.82) is 0 Å². The molecular weight excluding hydrogens is 380 g/mol. The van der Waals surface area contributed by atoms with Crippen LogP contribution >= 0.6 is 11.3 Å². The Morgan fingerprint density at radius 3 is 2.62 bits per heavy atom. The lowest BCUT2D eigenvalue weighted by Gasteiger charge is -2.36. The number of anilines is 1. The van der Waals surface area contributed by atoms with Gasteiger partial charge in [0.05, 0.1) is 10.7 Å². The van der Waals surface area contributed by atoms with Gasteiger partial charge in [0.15, 0.2) is 5.96 Å². The smallest absolute Gasteiger partial charge is 0.191 e. The summed E-state index contributed by atoms with van der Waals surface area (Å²) in [5, 5.41) is 10.0. The maximum absolute atomic E-state index is 4.74. The summed E-state index contributed by atoms with van der Waals surface area (Å²) in [5.41, 5.74) is 2.50. The number of para-hydroxylation sites is 1. The largest absolute Gasteiger partial charge is 0.369 e. The zero-order valence-electron chi connectivity index (χ0n) is 17.7. The van der Waals surface area contributed by atoms with Crippen LogP contribution in [0.2, 0.25) is 0 Å². The van der Waals surface area contributed by atoms with Gasteiger partial charge < -0.3 is 15.5 Å².